The summed E-state index contributed by atoms with van der Waals surface area (Å²) in [6.45, 7) is 2.29. The van der Waals surface area contributed by atoms with Gasteiger partial charge >= 0.3 is 12.0 Å². The molecule has 0 radical (unpaired) electrons. The van der Waals surface area contributed by atoms with Crippen molar-refractivity contribution in [2.45, 2.75) is 13.0 Å². The molecule has 1 aliphatic rings. The Balaban J connectivity index is 2.06. The third-order valence-electron chi connectivity index (χ3n) is 3.33. The second-order valence-electron chi connectivity index (χ2n) is 5.17. The number of hydrogen-bond acceptors (Lipinski definition) is 6. The summed E-state index contributed by atoms with van der Waals surface area (Å²) < 4.78 is 5.25. The van der Waals surface area contributed by atoms with Crippen molar-refractivity contribution in [2.24, 2.45) is 0 Å². The van der Waals surface area contributed by atoms with Crippen molar-refractivity contribution in [3.05, 3.63) is 35.9 Å². The largest absolute Gasteiger partial charge is 0.446 e. The monoisotopic (exact) mass is 365 g/mol. The lowest BCUT2D eigenvalue weighted by Crippen LogP contribution is -2.43. The molecule has 0 aliphatic carbocycles. The van der Waals surface area contributed by atoms with Crippen molar-refractivity contribution in [3.8, 4) is 0 Å². The Morgan fingerprint density at radius 1 is 1.28 bits per heavy atom. The highest BCUT2D eigenvalue weighted by Crippen LogP contribution is 2.20. The van der Waals surface area contributed by atoms with Crippen molar-refractivity contribution in [1.29, 1.82) is 0 Å². The average molecular weight is 365 g/mol. The van der Waals surface area contributed by atoms with Gasteiger partial charge in [-0.3, -0.25) is 19.7 Å². The number of carbonyl (C=O) groups excluding carboxylic acids is 4. The van der Waals surface area contributed by atoms with Crippen molar-refractivity contribution in [1.82, 2.24) is 15.5 Å². The molecule has 0 aromatic heterocycles. The molecule has 8 nitrogen and oxygen atoms in total. The van der Waals surface area contributed by atoms with Crippen LogP contribution in [0.3, 0.4) is 0 Å². The van der Waals surface area contributed by atoms with E-state index in [2.05, 4.69) is 10.6 Å². The van der Waals surface area contributed by atoms with Gasteiger partial charge in [-0.05, 0) is 6.92 Å². The van der Waals surface area contributed by atoms with Gasteiger partial charge in [-0.25, -0.2) is 4.79 Å². The molecule has 1 aromatic carbocycles. The number of nitrogens with zero attached hydrogens (tertiary/aromatic N) is 1. The first-order valence-corrected chi connectivity index (χ1v) is 8.74. The smallest absolute Gasteiger partial charge is 0.326 e. The van der Waals surface area contributed by atoms with Gasteiger partial charge in [0.15, 0.2) is 0 Å². The highest BCUT2D eigenvalue weighted by atomic mass is 32.2. The highest BCUT2D eigenvalue weighted by molar-refractivity contribution is 8.13. The minimum atomic E-state index is -1.28. The standard InChI is InChI=1S/C16H19N3O5S/c1-2-17-15(22)18-14(21)13(11-6-4-3-5-7-11)24-12(20)10-19-8-9-25-16(19)23/h3-7,13H,2,8-10H2,1H3,(H2,17,18,21,22)/t13-/m0/s1. The lowest BCUT2D eigenvalue weighted by Gasteiger charge is -2.20. The number of ether oxygens (including phenoxy) is 1. The van der Waals surface area contributed by atoms with Crippen LogP contribution >= 0.6 is 11.8 Å². The molecule has 0 bridgehead atoms. The van der Waals surface area contributed by atoms with E-state index in [-0.39, 0.29) is 11.8 Å². The molecule has 2 rings (SSSR count). The lowest BCUT2D eigenvalue weighted by atomic mass is 10.1. The number of nitrogens with one attached hydrogen (secondary N) is 2. The first-order valence-electron chi connectivity index (χ1n) is 7.76. The summed E-state index contributed by atoms with van der Waals surface area (Å²) in [4.78, 5) is 49.0. The fourth-order valence-electron chi connectivity index (χ4n) is 2.18. The van der Waals surface area contributed by atoms with Crippen LogP contribution in [0.2, 0.25) is 0 Å². The predicted octanol–water partition coefficient (Wildman–Crippen LogP) is 1.29. The number of thioether (sulfide) groups is 1. The summed E-state index contributed by atoms with van der Waals surface area (Å²) in [5.74, 6) is -0.852. The molecule has 9 heteroatoms. The molecular formula is C16H19N3O5S. The zero-order chi connectivity index (χ0) is 18.2. The van der Waals surface area contributed by atoms with E-state index in [0.717, 1.165) is 11.8 Å². The molecule has 1 saturated heterocycles. The Bertz CT molecular complexity index is 652. The fraction of sp³-hybridized carbons (Fsp3) is 0.375. The predicted molar refractivity (Wildman–Crippen MR) is 91.9 cm³/mol. The molecule has 0 saturated carbocycles. The van der Waals surface area contributed by atoms with Gasteiger partial charge in [-0.15, -0.1) is 0 Å². The summed E-state index contributed by atoms with van der Waals surface area (Å²) >= 11 is 1.13. The number of hydrogen-bond donors (Lipinski definition) is 2. The molecule has 1 aromatic rings. The molecule has 1 heterocycles. The van der Waals surface area contributed by atoms with Crippen LogP contribution in [-0.2, 0) is 14.3 Å². The van der Waals surface area contributed by atoms with E-state index in [0.29, 0.717) is 24.4 Å². The van der Waals surface area contributed by atoms with Gasteiger partial charge < -0.3 is 15.0 Å². The van der Waals surface area contributed by atoms with E-state index in [9.17, 15) is 19.2 Å². The Kier molecular flexibility index (Phi) is 6.81. The second-order valence-corrected chi connectivity index (χ2v) is 6.21. The summed E-state index contributed by atoms with van der Waals surface area (Å²) in [6, 6.07) is 7.70. The molecule has 1 aliphatic heterocycles. The van der Waals surface area contributed by atoms with E-state index in [1.54, 1.807) is 37.3 Å². The van der Waals surface area contributed by atoms with Gasteiger partial charge in [0.05, 0.1) is 0 Å². The molecule has 1 fully saturated rings. The number of urea groups is 1. The van der Waals surface area contributed by atoms with Gasteiger partial charge in [-0.2, -0.15) is 0 Å². The summed E-state index contributed by atoms with van der Waals surface area (Å²) in [6.07, 6.45) is -1.28. The summed E-state index contributed by atoms with van der Waals surface area (Å²) in [7, 11) is 0. The fourth-order valence-corrected chi connectivity index (χ4v) is 3.00. The Hall–Kier alpha value is -2.55. The van der Waals surface area contributed by atoms with E-state index in [1.807, 2.05) is 0 Å². The Morgan fingerprint density at radius 2 is 2.00 bits per heavy atom. The van der Waals surface area contributed by atoms with Crippen LogP contribution < -0.4 is 10.6 Å². The van der Waals surface area contributed by atoms with Gasteiger partial charge in [0.2, 0.25) is 6.10 Å². The number of rotatable bonds is 6. The maximum atomic E-state index is 12.3. The minimum Gasteiger partial charge on any atom is -0.446 e. The SMILES string of the molecule is CCNC(=O)NC(=O)[C@@H](OC(=O)CN1CCSC1=O)c1ccccc1. The number of imide groups is 1. The molecule has 25 heavy (non-hydrogen) atoms. The van der Waals surface area contributed by atoms with Crippen LogP contribution in [0.4, 0.5) is 9.59 Å². The normalized spacial score (nSPS) is 14.8. The van der Waals surface area contributed by atoms with Crippen LogP contribution in [0.15, 0.2) is 30.3 Å². The summed E-state index contributed by atoms with van der Waals surface area (Å²) in [5, 5.41) is 4.38. The first kappa shape index (κ1) is 18.8. The lowest BCUT2D eigenvalue weighted by molar-refractivity contribution is -0.156. The van der Waals surface area contributed by atoms with Gasteiger partial charge in [0.1, 0.15) is 6.54 Å². The average Bonchev–Trinajstić information content (AvgIpc) is 2.98. The van der Waals surface area contributed by atoms with E-state index in [1.165, 1.54) is 4.90 Å². The topological polar surface area (TPSA) is 105 Å². The van der Waals surface area contributed by atoms with Crippen LogP contribution in [0.25, 0.3) is 0 Å². The molecule has 134 valence electrons. The molecular weight excluding hydrogens is 346 g/mol. The molecule has 0 unspecified atom stereocenters. The van der Waals surface area contributed by atoms with Crippen LogP contribution in [0.5, 0.6) is 0 Å². The second kappa shape index (κ2) is 9.07. The van der Waals surface area contributed by atoms with Crippen LogP contribution in [0, 0.1) is 0 Å². The van der Waals surface area contributed by atoms with Crippen molar-refractivity contribution in [2.75, 3.05) is 25.4 Å². The van der Waals surface area contributed by atoms with E-state index in [4.69, 9.17) is 4.74 Å². The molecule has 1 atom stereocenters. The van der Waals surface area contributed by atoms with Gasteiger partial charge in [0.25, 0.3) is 11.1 Å². The number of amides is 4. The number of benzene rings is 1. The zero-order valence-corrected chi connectivity index (χ0v) is 14.5. The molecule has 0 spiro atoms. The third kappa shape index (κ3) is 5.49. The van der Waals surface area contributed by atoms with E-state index < -0.39 is 24.0 Å². The number of esters is 1. The molecule has 2 N–H and O–H groups in total. The Morgan fingerprint density at radius 3 is 2.60 bits per heavy atom. The number of carbonyl (C=O) groups is 4. The maximum Gasteiger partial charge on any atom is 0.326 e. The zero-order valence-electron chi connectivity index (χ0n) is 13.7. The maximum absolute atomic E-state index is 12.3. The first-order chi connectivity index (χ1) is 12.0. The van der Waals surface area contributed by atoms with Crippen LogP contribution in [-0.4, -0.2) is 53.4 Å². The van der Waals surface area contributed by atoms with E-state index >= 15 is 0 Å². The van der Waals surface area contributed by atoms with Crippen molar-refractivity contribution in [3.63, 3.8) is 0 Å². The highest BCUT2D eigenvalue weighted by Gasteiger charge is 2.29. The Labute approximate surface area is 149 Å². The van der Waals surface area contributed by atoms with Gasteiger partial charge in [-0.1, -0.05) is 42.1 Å². The van der Waals surface area contributed by atoms with Gasteiger partial charge in [0, 0.05) is 24.4 Å². The van der Waals surface area contributed by atoms with Crippen LogP contribution in [0.1, 0.15) is 18.6 Å². The quantitative estimate of drug-likeness (QED) is 0.736. The molecule has 4 amide bonds. The third-order valence-corrected chi connectivity index (χ3v) is 4.22. The van der Waals surface area contributed by atoms with Crippen molar-refractivity contribution >= 4 is 34.9 Å². The van der Waals surface area contributed by atoms with Crippen molar-refractivity contribution < 1.29 is 23.9 Å². The summed E-state index contributed by atoms with van der Waals surface area (Å²) in [5.41, 5.74) is 0.430. The minimum absolute atomic E-state index is 0.194.